The molecule has 1 aliphatic rings. The summed E-state index contributed by atoms with van der Waals surface area (Å²) in [6.07, 6.45) is 1.64. The summed E-state index contributed by atoms with van der Waals surface area (Å²) >= 11 is 8.24. The van der Waals surface area contributed by atoms with Gasteiger partial charge in [-0.25, -0.2) is 0 Å². The number of rotatable bonds is 6. The quantitative estimate of drug-likeness (QED) is 0.331. The van der Waals surface area contributed by atoms with Gasteiger partial charge in [0.1, 0.15) is 6.07 Å². The molecule has 0 bridgehead atoms. The second-order valence-corrected chi connectivity index (χ2v) is 10.3. The lowest BCUT2D eigenvalue weighted by Gasteiger charge is -2.32. The monoisotopic (exact) mass is 499 g/mol. The molecule has 1 aromatic heterocycles. The fourth-order valence-electron chi connectivity index (χ4n) is 4.24. The van der Waals surface area contributed by atoms with E-state index in [0.29, 0.717) is 10.6 Å². The summed E-state index contributed by atoms with van der Waals surface area (Å²) in [6.45, 7) is 5.24. The van der Waals surface area contributed by atoms with Crippen molar-refractivity contribution in [1.82, 2.24) is 14.8 Å². The van der Waals surface area contributed by atoms with E-state index < -0.39 is 0 Å². The lowest BCUT2D eigenvalue weighted by molar-refractivity contribution is 0.148. The first-order valence-corrected chi connectivity index (χ1v) is 12.8. The molecule has 1 fully saturated rings. The number of fused-ring (bicyclic) bond motifs is 1. The molecule has 0 atom stereocenters. The van der Waals surface area contributed by atoms with Crippen molar-refractivity contribution in [3.05, 3.63) is 89.1 Å². The summed E-state index contributed by atoms with van der Waals surface area (Å²) in [5.41, 5.74) is 4.19. The maximum atomic E-state index is 9.74. The number of nitriles is 1. The highest BCUT2D eigenvalue weighted by Crippen LogP contribution is 2.36. The van der Waals surface area contributed by atoms with E-state index in [9.17, 15) is 5.26 Å². The molecule has 176 valence electrons. The largest absolute Gasteiger partial charge is 0.354 e. The minimum atomic E-state index is 0.503. The number of nitrogens with zero attached hydrogens (tertiary/aromatic N) is 4. The van der Waals surface area contributed by atoms with Gasteiger partial charge in [-0.15, -0.1) is 0 Å². The third-order valence-electron chi connectivity index (χ3n) is 6.23. The summed E-state index contributed by atoms with van der Waals surface area (Å²) in [5, 5.41) is 14.8. The van der Waals surface area contributed by atoms with Crippen molar-refractivity contribution in [3.63, 3.8) is 0 Å². The first-order chi connectivity index (χ1) is 17.1. The Bertz CT molecular complexity index is 1380. The number of hydrogen-bond donors (Lipinski definition) is 1. The fraction of sp³-hybridized carbons (Fsp3) is 0.214. The molecule has 0 saturated carbocycles. The van der Waals surface area contributed by atoms with Gasteiger partial charge in [-0.2, -0.15) is 5.26 Å². The zero-order valence-corrected chi connectivity index (χ0v) is 21.1. The van der Waals surface area contributed by atoms with Crippen molar-refractivity contribution < 1.29 is 0 Å². The lowest BCUT2D eigenvalue weighted by atomic mass is 10.1. The second kappa shape index (κ2) is 10.7. The van der Waals surface area contributed by atoms with Crippen LogP contribution in [0.3, 0.4) is 0 Å². The Balaban J connectivity index is 1.39. The van der Waals surface area contributed by atoms with Crippen molar-refractivity contribution in [1.29, 1.82) is 5.26 Å². The van der Waals surface area contributed by atoms with Crippen LogP contribution in [0.4, 0.5) is 11.4 Å². The Morgan fingerprint density at radius 3 is 2.57 bits per heavy atom. The topological polar surface area (TPSA) is 55.2 Å². The number of likely N-dealkylation sites (N-methyl/N-ethyl adjacent to an activating group) is 1. The Morgan fingerprint density at radius 2 is 1.83 bits per heavy atom. The van der Waals surface area contributed by atoms with Crippen molar-refractivity contribution in [2.45, 2.75) is 16.3 Å². The van der Waals surface area contributed by atoms with E-state index >= 15 is 0 Å². The van der Waals surface area contributed by atoms with Crippen LogP contribution >= 0.6 is 23.4 Å². The molecule has 3 aromatic carbocycles. The summed E-state index contributed by atoms with van der Waals surface area (Å²) in [6, 6.07) is 24.7. The highest BCUT2D eigenvalue weighted by atomic mass is 35.5. The van der Waals surface area contributed by atoms with Gasteiger partial charge >= 0.3 is 0 Å². The maximum Gasteiger partial charge on any atom is 0.103 e. The minimum Gasteiger partial charge on any atom is -0.354 e. The second-order valence-electron chi connectivity index (χ2n) is 8.77. The standard InChI is InChI=1S/C28H26ClN5S/c1-33-11-13-34(14-12-33)19-20-7-9-24-26(15-20)31-18-21(17-30)28(24)32-22-8-10-27(25(29)16-22)35-23-5-3-2-4-6-23/h2-10,15-16,18H,11-14,19H2,1H3,(H,31,32). The Hall–Kier alpha value is -3.08. The predicted octanol–water partition coefficient (Wildman–Crippen LogP) is 6.40. The SMILES string of the molecule is CN1CCN(Cc2ccc3c(Nc4ccc(Sc5ccccc5)c(Cl)c4)c(C#N)cnc3c2)CC1. The zero-order chi connectivity index (χ0) is 24.2. The molecule has 1 saturated heterocycles. The number of nitrogens with one attached hydrogen (secondary N) is 1. The van der Waals surface area contributed by atoms with Crippen LogP contribution in [0, 0.1) is 11.3 Å². The summed E-state index contributed by atoms with van der Waals surface area (Å²) < 4.78 is 0. The Morgan fingerprint density at radius 1 is 1.03 bits per heavy atom. The van der Waals surface area contributed by atoms with Gasteiger partial charge in [0.15, 0.2) is 0 Å². The van der Waals surface area contributed by atoms with E-state index in [1.165, 1.54) is 5.56 Å². The normalized spacial score (nSPS) is 14.7. The minimum absolute atomic E-state index is 0.503. The van der Waals surface area contributed by atoms with Gasteiger partial charge in [-0.3, -0.25) is 9.88 Å². The van der Waals surface area contributed by atoms with Gasteiger partial charge in [0, 0.05) is 59.8 Å². The van der Waals surface area contributed by atoms with Gasteiger partial charge < -0.3 is 10.2 Å². The molecular weight excluding hydrogens is 474 g/mol. The van der Waals surface area contributed by atoms with E-state index in [0.717, 1.165) is 64.8 Å². The lowest BCUT2D eigenvalue weighted by Crippen LogP contribution is -2.43. The molecular formula is C28H26ClN5S. The van der Waals surface area contributed by atoms with Crippen molar-refractivity contribution >= 4 is 45.6 Å². The number of aromatic nitrogens is 1. The maximum absolute atomic E-state index is 9.74. The number of piperazine rings is 1. The van der Waals surface area contributed by atoms with Crippen LogP contribution in [0.2, 0.25) is 5.02 Å². The van der Waals surface area contributed by atoms with Crippen molar-refractivity contribution in [2.24, 2.45) is 0 Å². The number of anilines is 2. The van der Waals surface area contributed by atoms with Crippen LogP contribution in [0.15, 0.2) is 82.7 Å². The number of halogens is 1. The first kappa shape index (κ1) is 23.7. The Kier molecular flexibility index (Phi) is 7.21. The van der Waals surface area contributed by atoms with Crippen LogP contribution in [-0.2, 0) is 6.54 Å². The average molecular weight is 500 g/mol. The van der Waals surface area contributed by atoms with Crippen LogP contribution in [0.1, 0.15) is 11.1 Å². The molecule has 4 aromatic rings. The fourth-order valence-corrected chi connectivity index (χ4v) is 5.38. The highest BCUT2D eigenvalue weighted by molar-refractivity contribution is 7.99. The zero-order valence-electron chi connectivity index (χ0n) is 19.5. The van der Waals surface area contributed by atoms with Crippen molar-refractivity contribution in [2.75, 3.05) is 38.5 Å². The smallest absolute Gasteiger partial charge is 0.103 e. The summed E-state index contributed by atoms with van der Waals surface area (Å²) in [4.78, 5) is 11.5. The van der Waals surface area contributed by atoms with E-state index in [1.54, 1.807) is 18.0 Å². The average Bonchev–Trinajstić information content (AvgIpc) is 2.88. The van der Waals surface area contributed by atoms with E-state index in [2.05, 4.69) is 63.5 Å². The van der Waals surface area contributed by atoms with Gasteiger partial charge in [0.2, 0.25) is 0 Å². The molecule has 35 heavy (non-hydrogen) atoms. The molecule has 0 radical (unpaired) electrons. The van der Waals surface area contributed by atoms with Gasteiger partial charge in [-0.1, -0.05) is 53.7 Å². The number of benzene rings is 3. The number of pyridine rings is 1. The van der Waals surface area contributed by atoms with Gasteiger partial charge in [-0.05, 0) is 49.0 Å². The predicted molar refractivity (Wildman–Crippen MR) is 145 cm³/mol. The third kappa shape index (κ3) is 5.61. The van der Waals surface area contributed by atoms with Gasteiger partial charge in [0.25, 0.3) is 0 Å². The van der Waals surface area contributed by atoms with E-state index in [1.807, 2.05) is 36.4 Å². The van der Waals surface area contributed by atoms with E-state index in [4.69, 9.17) is 11.6 Å². The van der Waals surface area contributed by atoms with Crippen molar-refractivity contribution in [3.8, 4) is 6.07 Å². The number of hydrogen-bond acceptors (Lipinski definition) is 6. The molecule has 5 nitrogen and oxygen atoms in total. The van der Waals surface area contributed by atoms with Gasteiger partial charge in [0.05, 0.1) is 21.8 Å². The summed E-state index contributed by atoms with van der Waals surface area (Å²) in [7, 11) is 2.17. The summed E-state index contributed by atoms with van der Waals surface area (Å²) in [5.74, 6) is 0. The van der Waals surface area contributed by atoms with Crippen LogP contribution in [0.5, 0.6) is 0 Å². The van der Waals surface area contributed by atoms with Crippen LogP contribution < -0.4 is 5.32 Å². The molecule has 0 spiro atoms. The molecule has 0 amide bonds. The molecule has 0 unspecified atom stereocenters. The first-order valence-electron chi connectivity index (χ1n) is 11.6. The molecule has 0 aliphatic carbocycles. The third-order valence-corrected chi connectivity index (χ3v) is 7.74. The molecule has 5 rings (SSSR count). The molecule has 2 heterocycles. The van der Waals surface area contributed by atoms with E-state index in [-0.39, 0.29) is 0 Å². The Labute approximate surface area is 215 Å². The molecule has 1 aliphatic heterocycles. The molecule has 7 heteroatoms. The van der Waals surface area contributed by atoms with Crippen LogP contribution in [-0.4, -0.2) is 48.0 Å². The highest BCUT2D eigenvalue weighted by Gasteiger charge is 2.15. The molecule has 1 N–H and O–H groups in total. The van der Waals surface area contributed by atoms with Crippen LogP contribution in [0.25, 0.3) is 10.9 Å².